The van der Waals surface area contributed by atoms with Crippen LogP contribution in [-0.4, -0.2) is 14.8 Å². The van der Waals surface area contributed by atoms with E-state index >= 15 is 0 Å². The molecule has 0 atom stereocenters. The van der Waals surface area contributed by atoms with Gasteiger partial charge >= 0.3 is 0 Å². The van der Waals surface area contributed by atoms with Crippen molar-refractivity contribution in [1.82, 2.24) is 14.8 Å². The molecule has 1 aliphatic rings. The number of nitrogens with one attached hydrogen (secondary N) is 1. The maximum absolute atomic E-state index is 5.65. The molecule has 1 aromatic rings. The quantitative estimate of drug-likeness (QED) is 0.650. The zero-order chi connectivity index (χ0) is 8.72. The molecule has 0 unspecified atom stereocenters. The van der Waals surface area contributed by atoms with Crippen LogP contribution in [0, 0.1) is 10.7 Å². The van der Waals surface area contributed by atoms with Gasteiger partial charge in [0.1, 0.15) is 0 Å². The number of nitrogen functional groups attached to an aromatic ring is 1. The van der Waals surface area contributed by atoms with Crippen molar-refractivity contribution in [2.45, 2.75) is 25.8 Å². The fourth-order valence-electron chi connectivity index (χ4n) is 1.74. The Labute approximate surface area is 75.8 Å². The molecule has 0 saturated heterocycles. The Morgan fingerprint density at radius 1 is 1.67 bits per heavy atom. The minimum atomic E-state index is 0.478. The number of nitrogens with two attached hydrogens (primary N) is 1. The molecule has 0 amide bonds. The van der Waals surface area contributed by atoms with Gasteiger partial charge in [-0.3, -0.25) is 4.57 Å². The topological polar surface area (TPSA) is 59.6 Å². The van der Waals surface area contributed by atoms with Crippen molar-refractivity contribution < 1.29 is 0 Å². The molecular weight excluding hydrogens is 172 g/mol. The summed E-state index contributed by atoms with van der Waals surface area (Å²) in [6.07, 6.45) is 2.33. The summed E-state index contributed by atoms with van der Waals surface area (Å²) < 4.78 is 2.56. The minimum Gasteiger partial charge on any atom is -0.368 e. The van der Waals surface area contributed by atoms with E-state index in [1.165, 1.54) is 0 Å². The van der Waals surface area contributed by atoms with E-state index in [1.54, 1.807) is 0 Å². The van der Waals surface area contributed by atoms with Gasteiger partial charge in [-0.05, 0) is 31.0 Å². The molecule has 5 heteroatoms. The number of hydrogen-bond acceptors (Lipinski definition) is 3. The number of aromatic nitrogens is 3. The smallest absolute Gasteiger partial charge is 0.220 e. The van der Waals surface area contributed by atoms with Crippen molar-refractivity contribution in [3.05, 3.63) is 4.77 Å². The van der Waals surface area contributed by atoms with Crippen LogP contribution in [0.15, 0.2) is 0 Å². The zero-order valence-electron chi connectivity index (χ0n) is 6.95. The van der Waals surface area contributed by atoms with E-state index in [-0.39, 0.29) is 0 Å². The summed E-state index contributed by atoms with van der Waals surface area (Å²) in [6.45, 7) is 2.23. The van der Waals surface area contributed by atoms with E-state index in [2.05, 4.69) is 17.1 Å². The molecule has 1 saturated carbocycles. The predicted molar refractivity (Wildman–Crippen MR) is 49.3 cm³/mol. The maximum atomic E-state index is 5.65. The molecule has 0 radical (unpaired) electrons. The molecular formula is C7H12N4S. The fourth-order valence-corrected chi connectivity index (χ4v) is 2.03. The monoisotopic (exact) mass is 184 g/mol. The van der Waals surface area contributed by atoms with Crippen molar-refractivity contribution in [2.75, 3.05) is 5.73 Å². The van der Waals surface area contributed by atoms with Crippen LogP contribution in [0.2, 0.25) is 0 Å². The number of aromatic amines is 1. The Kier molecular flexibility index (Phi) is 1.68. The first-order chi connectivity index (χ1) is 5.68. The highest BCUT2D eigenvalue weighted by Crippen LogP contribution is 2.38. The van der Waals surface area contributed by atoms with E-state index < -0.39 is 0 Å². The lowest BCUT2D eigenvalue weighted by atomic mass is 9.82. The number of anilines is 1. The minimum absolute atomic E-state index is 0.478. The zero-order valence-corrected chi connectivity index (χ0v) is 7.77. The number of H-pyrrole nitrogens is 1. The van der Waals surface area contributed by atoms with Crippen molar-refractivity contribution >= 4 is 18.2 Å². The molecule has 0 aromatic carbocycles. The average Bonchev–Trinajstić information content (AvgIpc) is 2.26. The summed E-state index contributed by atoms with van der Waals surface area (Å²) >= 11 is 5.05. The van der Waals surface area contributed by atoms with Gasteiger partial charge in [0.05, 0.1) is 0 Å². The maximum Gasteiger partial charge on any atom is 0.220 e. The van der Waals surface area contributed by atoms with Gasteiger partial charge in [0.2, 0.25) is 5.95 Å². The second-order valence-electron chi connectivity index (χ2n) is 3.49. The van der Waals surface area contributed by atoms with E-state index in [1.807, 2.05) is 4.57 Å². The molecule has 3 N–H and O–H groups in total. The molecule has 0 aliphatic heterocycles. The standard InChI is InChI=1S/C7H12N4S/c1-4-2-5(3-4)11-6(8)9-10-7(11)12/h4-5H,2-3H2,1H3,(H2,8,9)(H,10,12). The average molecular weight is 184 g/mol. The lowest BCUT2D eigenvalue weighted by molar-refractivity contribution is 0.216. The Morgan fingerprint density at radius 2 is 2.33 bits per heavy atom. The summed E-state index contributed by atoms with van der Waals surface area (Å²) in [6, 6.07) is 0.478. The molecule has 1 aliphatic carbocycles. The van der Waals surface area contributed by atoms with Gasteiger partial charge in [0, 0.05) is 6.04 Å². The highest BCUT2D eigenvalue weighted by atomic mass is 32.1. The second-order valence-corrected chi connectivity index (χ2v) is 3.87. The van der Waals surface area contributed by atoms with Crippen LogP contribution in [0.4, 0.5) is 5.95 Å². The molecule has 4 nitrogen and oxygen atoms in total. The van der Waals surface area contributed by atoms with Crippen LogP contribution in [0.1, 0.15) is 25.8 Å². The van der Waals surface area contributed by atoms with Crippen molar-refractivity contribution in [1.29, 1.82) is 0 Å². The van der Waals surface area contributed by atoms with Crippen molar-refractivity contribution in [2.24, 2.45) is 5.92 Å². The van der Waals surface area contributed by atoms with Gasteiger partial charge < -0.3 is 5.73 Å². The summed E-state index contributed by atoms with van der Waals surface area (Å²) in [4.78, 5) is 0. The third-order valence-electron chi connectivity index (χ3n) is 2.45. The number of nitrogens with zero attached hydrogens (tertiary/aromatic N) is 2. The molecule has 2 rings (SSSR count). The van der Waals surface area contributed by atoms with Gasteiger partial charge in [0.25, 0.3) is 0 Å². The van der Waals surface area contributed by atoms with E-state index in [9.17, 15) is 0 Å². The third-order valence-corrected chi connectivity index (χ3v) is 2.73. The predicted octanol–water partition coefficient (Wildman–Crippen LogP) is 1.49. The first kappa shape index (κ1) is 7.79. The molecule has 1 aromatic heterocycles. The van der Waals surface area contributed by atoms with Crippen LogP contribution in [0.3, 0.4) is 0 Å². The Morgan fingerprint density at radius 3 is 2.75 bits per heavy atom. The molecule has 12 heavy (non-hydrogen) atoms. The van der Waals surface area contributed by atoms with Gasteiger partial charge in [0.15, 0.2) is 4.77 Å². The normalized spacial score (nSPS) is 28.4. The van der Waals surface area contributed by atoms with Crippen molar-refractivity contribution in [3.8, 4) is 0 Å². The fraction of sp³-hybridized carbons (Fsp3) is 0.714. The lowest BCUT2D eigenvalue weighted by Crippen LogP contribution is -2.25. The molecule has 0 spiro atoms. The molecule has 66 valence electrons. The SMILES string of the molecule is CC1CC(n2c(N)n[nH]c2=S)C1. The van der Waals surface area contributed by atoms with Crippen LogP contribution >= 0.6 is 12.2 Å². The van der Waals surface area contributed by atoms with Crippen LogP contribution in [-0.2, 0) is 0 Å². The lowest BCUT2D eigenvalue weighted by Gasteiger charge is -2.33. The summed E-state index contributed by atoms with van der Waals surface area (Å²) in [5, 5.41) is 6.56. The highest BCUT2D eigenvalue weighted by molar-refractivity contribution is 7.71. The van der Waals surface area contributed by atoms with E-state index in [0.29, 0.717) is 16.8 Å². The number of hydrogen-bond donors (Lipinski definition) is 2. The summed E-state index contributed by atoms with van der Waals surface area (Å²) in [5.41, 5.74) is 5.65. The highest BCUT2D eigenvalue weighted by Gasteiger charge is 2.28. The number of rotatable bonds is 1. The van der Waals surface area contributed by atoms with Crippen molar-refractivity contribution in [3.63, 3.8) is 0 Å². The molecule has 1 heterocycles. The largest absolute Gasteiger partial charge is 0.368 e. The van der Waals surface area contributed by atoms with Gasteiger partial charge in [-0.25, -0.2) is 5.10 Å². The van der Waals surface area contributed by atoms with Gasteiger partial charge in [-0.15, -0.1) is 5.10 Å². The van der Waals surface area contributed by atoms with E-state index in [4.69, 9.17) is 18.0 Å². The molecule has 1 fully saturated rings. The Bertz CT molecular complexity index is 333. The first-order valence-corrected chi connectivity index (χ1v) is 4.51. The van der Waals surface area contributed by atoms with Crippen LogP contribution in [0.5, 0.6) is 0 Å². The first-order valence-electron chi connectivity index (χ1n) is 4.11. The third kappa shape index (κ3) is 1.04. The Balaban J connectivity index is 2.28. The summed E-state index contributed by atoms with van der Waals surface area (Å²) in [7, 11) is 0. The Hall–Kier alpha value is -0.840. The molecule has 0 bridgehead atoms. The van der Waals surface area contributed by atoms with Gasteiger partial charge in [-0.1, -0.05) is 6.92 Å². The van der Waals surface area contributed by atoms with Crippen LogP contribution in [0.25, 0.3) is 0 Å². The van der Waals surface area contributed by atoms with E-state index in [0.717, 1.165) is 18.8 Å². The van der Waals surface area contributed by atoms with Gasteiger partial charge in [-0.2, -0.15) is 0 Å². The summed E-state index contributed by atoms with van der Waals surface area (Å²) in [5.74, 6) is 1.31. The van der Waals surface area contributed by atoms with Crippen LogP contribution < -0.4 is 5.73 Å². The second kappa shape index (κ2) is 2.58.